The third-order valence-corrected chi connectivity index (χ3v) is 2.84. The van der Waals surface area contributed by atoms with Crippen molar-refractivity contribution in [2.45, 2.75) is 31.5 Å². The van der Waals surface area contributed by atoms with Crippen molar-refractivity contribution in [2.75, 3.05) is 0 Å². The number of rotatable bonds is 2. The summed E-state index contributed by atoms with van der Waals surface area (Å²) in [7, 11) is 1.31. The zero-order chi connectivity index (χ0) is 8.23. The third-order valence-electron chi connectivity index (χ3n) is 2.84. The predicted molar refractivity (Wildman–Crippen MR) is 55.4 cm³/mol. The molecule has 0 heterocycles. The number of benzene rings is 1. The van der Waals surface area contributed by atoms with E-state index < -0.39 is 0 Å². The second-order valence-electron chi connectivity index (χ2n) is 3.84. The molecule has 2 rings (SSSR count). The van der Waals surface area contributed by atoms with E-state index in [4.69, 9.17) is 0 Å². The van der Waals surface area contributed by atoms with Gasteiger partial charge >= 0.3 is 0 Å². The van der Waals surface area contributed by atoms with Gasteiger partial charge in [-0.1, -0.05) is 67.3 Å². The average molecular weight is 158 g/mol. The largest absolute Gasteiger partial charge is 0.160 e. The molecule has 0 saturated heterocycles. The molecule has 0 amide bonds. The predicted octanol–water partition coefficient (Wildman–Crippen LogP) is 2.11. The van der Waals surface area contributed by atoms with Crippen LogP contribution in [0.3, 0.4) is 0 Å². The molecule has 0 unspecified atom stereocenters. The molecule has 0 aromatic heterocycles. The minimum absolute atomic E-state index is 0.979. The Morgan fingerprint density at radius 3 is 2.33 bits per heavy atom. The monoisotopic (exact) mass is 158 g/mol. The second kappa shape index (κ2) is 3.80. The number of hydrogen-bond acceptors (Lipinski definition) is 0. The van der Waals surface area contributed by atoms with Crippen molar-refractivity contribution in [3.05, 3.63) is 30.3 Å². The zero-order valence-electron chi connectivity index (χ0n) is 7.50. The van der Waals surface area contributed by atoms with Gasteiger partial charge in [0.15, 0.2) is 7.28 Å². The Balaban J connectivity index is 1.94. The lowest BCUT2D eigenvalue weighted by atomic mass is 9.58. The van der Waals surface area contributed by atoms with Crippen LogP contribution >= 0.6 is 0 Å². The van der Waals surface area contributed by atoms with Crippen molar-refractivity contribution in [1.29, 1.82) is 0 Å². The van der Waals surface area contributed by atoms with Gasteiger partial charge in [-0.15, -0.1) is 0 Å². The maximum absolute atomic E-state index is 2.25. The first-order valence-corrected chi connectivity index (χ1v) is 4.99. The first kappa shape index (κ1) is 7.91. The van der Waals surface area contributed by atoms with Gasteiger partial charge in [0.25, 0.3) is 0 Å². The van der Waals surface area contributed by atoms with E-state index in [2.05, 4.69) is 30.3 Å². The molecular formula is C11H15B. The summed E-state index contributed by atoms with van der Waals surface area (Å²) in [6.07, 6.45) is 5.82. The fraction of sp³-hybridized carbons (Fsp3) is 0.455. The van der Waals surface area contributed by atoms with Crippen molar-refractivity contribution in [1.82, 2.24) is 0 Å². The SMILES string of the molecule is B(c1ccccc1)C1CCCC1. The lowest BCUT2D eigenvalue weighted by Gasteiger charge is -2.05. The maximum Gasteiger partial charge on any atom is 0.160 e. The van der Waals surface area contributed by atoms with Crippen LogP contribution in [0.25, 0.3) is 0 Å². The van der Waals surface area contributed by atoms with E-state index >= 15 is 0 Å². The van der Waals surface area contributed by atoms with Gasteiger partial charge in [0.05, 0.1) is 0 Å². The molecule has 1 heteroatoms. The van der Waals surface area contributed by atoms with Crippen LogP contribution in [0.4, 0.5) is 0 Å². The molecule has 0 radical (unpaired) electrons. The molecular weight excluding hydrogens is 143 g/mol. The van der Waals surface area contributed by atoms with Gasteiger partial charge in [0.1, 0.15) is 0 Å². The maximum atomic E-state index is 2.25. The quantitative estimate of drug-likeness (QED) is 0.578. The normalized spacial score (nSPS) is 18.0. The first-order valence-electron chi connectivity index (χ1n) is 4.99. The van der Waals surface area contributed by atoms with Crippen LogP contribution in [-0.4, -0.2) is 7.28 Å². The van der Waals surface area contributed by atoms with Crippen molar-refractivity contribution in [3.63, 3.8) is 0 Å². The van der Waals surface area contributed by atoms with Crippen LogP contribution < -0.4 is 5.46 Å². The van der Waals surface area contributed by atoms with Gasteiger partial charge in [-0.25, -0.2) is 0 Å². The Morgan fingerprint density at radius 1 is 1.00 bits per heavy atom. The third kappa shape index (κ3) is 1.91. The fourth-order valence-corrected chi connectivity index (χ4v) is 2.16. The summed E-state index contributed by atoms with van der Waals surface area (Å²) < 4.78 is 0. The molecule has 1 aliphatic carbocycles. The summed E-state index contributed by atoms with van der Waals surface area (Å²) in [5.41, 5.74) is 1.52. The summed E-state index contributed by atoms with van der Waals surface area (Å²) in [4.78, 5) is 0. The highest BCUT2D eigenvalue weighted by atomic mass is 14.1. The molecule has 0 aliphatic heterocycles. The van der Waals surface area contributed by atoms with Gasteiger partial charge in [-0.05, 0) is 0 Å². The van der Waals surface area contributed by atoms with E-state index in [0.29, 0.717) is 0 Å². The Labute approximate surface area is 75.2 Å². The Bertz CT molecular complexity index is 224. The van der Waals surface area contributed by atoms with Crippen LogP contribution in [-0.2, 0) is 0 Å². The number of hydrogen-bond donors (Lipinski definition) is 0. The highest BCUT2D eigenvalue weighted by molar-refractivity contribution is 6.55. The van der Waals surface area contributed by atoms with E-state index in [9.17, 15) is 0 Å². The Hall–Kier alpha value is -0.715. The van der Waals surface area contributed by atoms with E-state index in [1.165, 1.54) is 38.4 Å². The molecule has 1 saturated carbocycles. The van der Waals surface area contributed by atoms with Crippen LogP contribution in [0.15, 0.2) is 30.3 Å². The summed E-state index contributed by atoms with van der Waals surface area (Å²) >= 11 is 0. The van der Waals surface area contributed by atoms with E-state index in [1.54, 1.807) is 0 Å². The van der Waals surface area contributed by atoms with Crippen LogP contribution in [0, 0.1) is 0 Å². The summed E-state index contributed by atoms with van der Waals surface area (Å²) in [6.45, 7) is 0. The van der Waals surface area contributed by atoms with Crippen LogP contribution in [0.1, 0.15) is 25.7 Å². The summed E-state index contributed by atoms with van der Waals surface area (Å²) in [5.74, 6) is 0.979. The zero-order valence-corrected chi connectivity index (χ0v) is 7.50. The summed E-state index contributed by atoms with van der Waals surface area (Å²) in [6, 6.07) is 10.9. The van der Waals surface area contributed by atoms with Gasteiger partial charge in [0.2, 0.25) is 0 Å². The smallest absolute Gasteiger partial charge is 0.0842 e. The highest BCUT2D eigenvalue weighted by Crippen LogP contribution is 2.28. The van der Waals surface area contributed by atoms with Crippen molar-refractivity contribution >= 4 is 12.7 Å². The molecule has 0 spiro atoms. The first-order chi connectivity index (χ1) is 5.95. The molecule has 0 bridgehead atoms. The second-order valence-corrected chi connectivity index (χ2v) is 3.84. The van der Waals surface area contributed by atoms with Gasteiger partial charge in [-0.3, -0.25) is 0 Å². The molecule has 0 nitrogen and oxygen atoms in total. The lowest BCUT2D eigenvalue weighted by Crippen LogP contribution is -2.17. The molecule has 1 aromatic rings. The molecule has 0 N–H and O–H groups in total. The molecule has 0 atom stereocenters. The van der Waals surface area contributed by atoms with Crippen molar-refractivity contribution in [3.8, 4) is 0 Å². The Morgan fingerprint density at radius 2 is 1.67 bits per heavy atom. The standard InChI is InChI=1S/C11H15B/c1-2-6-10(7-3-1)12-11-8-4-5-9-11/h1-3,6-7,11-12H,4-5,8-9H2. The average Bonchev–Trinajstić information content (AvgIpc) is 2.59. The Kier molecular flexibility index (Phi) is 2.50. The van der Waals surface area contributed by atoms with E-state index in [1.807, 2.05) is 0 Å². The van der Waals surface area contributed by atoms with Gasteiger partial charge < -0.3 is 0 Å². The van der Waals surface area contributed by atoms with E-state index in [-0.39, 0.29) is 0 Å². The molecule has 1 aromatic carbocycles. The van der Waals surface area contributed by atoms with Crippen LogP contribution in [0.5, 0.6) is 0 Å². The molecule has 1 aliphatic rings. The van der Waals surface area contributed by atoms with Gasteiger partial charge in [0, 0.05) is 0 Å². The molecule has 62 valence electrons. The van der Waals surface area contributed by atoms with Crippen molar-refractivity contribution in [2.24, 2.45) is 0 Å². The topological polar surface area (TPSA) is 0 Å². The fourth-order valence-electron chi connectivity index (χ4n) is 2.16. The van der Waals surface area contributed by atoms with Crippen LogP contribution in [0.2, 0.25) is 5.82 Å². The minimum atomic E-state index is 0.979. The highest BCUT2D eigenvalue weighted by Gasteiger charge is 2.16. The van der Waals surface area contributed by atoms with E-state index in [0.717, 1.165) is 5.82 Å². The van der Waals surface area contributed by atoms with Crippen molar-refractivity contribution < 1.29 is 0 Å². The lowest BCUT2D eigenvalue weighted by molar-refractivity contribution is 0.873. The molecule has 12 heavy (non-hydrogen) atoms. The minimum Gasteiger partial charge on any atom is -0.0842 e. The molecule has 1 fully saturated rings. The summed E-state index contributed by atoms with van der Waals surface area (Å²) in [5, 5.41) is 0. The van der Waals surface area contributed by atoms with Gasteiger partial charge in [-0.2, -0.15) is 0 Å².